The van der Waals surface area contributed by atoms with Crippen LogP contribution < -0.4 is 0 Å². The van der Waals surface area contributed by atoms with E-state index in [4.69, 9.17) is 0 Å². The minimum Gasteiger partial charge on any atom is -0.467 e. The Morgan fingerprint density at radius 3 is 1.06 bits per heavy atom. The van der Waals surface area contributed by atoms with Crippen molar-refractivity contribution in [2.45, 2.75) is 49.6 Å². The van der Waals surface area contributed by atoms with Crippen LogP contribution in [0.1, 0.15) is 25.7 Å². The van der Waals surface area contributed by atoms with E-state index in [0.29, 0.717) is 25.9 Å². The van der Waals surface area contributed by atoms with Crippen LogP contribution >= 0.6 is 0 Å². The summed E-state index contributed by atoms with van der Waals surface area (Å²) in [4.78, 5) is 29.6. The maximum atomic E-state index is 13.2. The molecule has 0 fully saturated rings. The SMILES string of the molecule is COC(=O)[C@@](CCCN(C)C)(C(F)F)N(C)C.COC(=O)[C@](CCCN(C)C)(C(F)F)N(C)C. The maximum absolute atomic E-state index is 13.2. The molecule has 0 aliphatic rings. The van der Waals surface area contributed by atoms with Crippen LogP contribution in [-0.4, -0.2) is 139 Å². The molecule has 0 rings (SSSR count). The highest BCUT2D eigenvalue weighted by atomic mass is 19.3. The topological polar surface area (TPSA) is 65.6 Å². The van der Waals surface area contributed by atoms with Gasteiger partial charge in [-0.15, -0.1) is 0 Å². The van der Waals surface area contributed by atoms with Crippen molar-refractivity contribution < 1.29 is 36.6 Å². The molecule has 12 heteroatoms. The van der Waals surface area contributed by atoms with Crippen LogP contribution in [0, 0.1) is 0 Å². The molecule has 0 spiro atoms. The molecule has 0 saturated heterocycles. The Labute approximate surface area is 202 Å². The number of likely N-dealkylation sites (N-methyl/N-ethyl adjacent to an activating group) is 2. The first-order chi connectivity index (χ1) is 15.6. The molecule has 0 unspecified atom stereocenters. The molecule has 8 nitrogen and oxygen atoms in total. The van der Waals surface area contributed by atoms with Crippen molar-refractivity contribution in [2.24, 2.45) is 0 Å². The zero-order chi connectivity index (χ0) is 27.3. The quantitative estimate of drug-likeness (QED) is 0.263. The standard InChI is InChI=1S/2C11H22F2N2O2/c2*1-14(2)8-6-7-11(9(12)13,15(3)4)10(16)17-5/h2*9H,6-8H2,1-5H3/t2*11-/m10/s1. The largest absolute Gasteiger partial charge is 0.467 e. The zero-order valence-electron chi connectivity index (χ0n) is 22.3. The van der Waals surface area contributed by atoms with Crippen LogP contribution in [0.2, 0.25) is 0 Å². The second kappa shape index (κ2) is 16.2. The summed E-state index contributed by atoms with van der Waals surface area (Å²) < 4.78 is 61.9. The lowest BCUT2D eigenvalue weighted by molar-refractivity contribution is -0.167. The van der Waals surface area contributed by atoms with Gasteiger partial charge < -0.3 is 19.3 Å². The molecule has 34 heavy (non-hydrogen) atoms. The number of halogens is 4. The summed E-state index contributed by atoms with van der Waals surface area (Å²) in [6.45, 7) is 1.30. The van der Waals surface area contributed by atoms with Gasteiger partial charge >= 0.3 is 11.9 Å². The molecule has 0 saturated carbocycles. The van der Waals surface area contributed by atoms with Gasteiger partial charge in [-0.25, -0.2) is 27.2 Å². The Balaban J connectivity index is 0. The Morgan fingerprint density at radius 1 is 0.647 bits per heavy atom. The Kier molecular flexibility index (Phi) is 16.5. The van der Waals surface area contributed by atoms with Gasteiger partial charge in [-0.05, 0) is 95.2 Å². The van der Waals surface area contributed by atoms with Crippen LogP contribution in [-0.2, 0) is 19.1 Å². The number of carbonyl (C=O) groups excluding carboxylic acids is 2. The molecule has 0 aromatic carbocycles. The minimum atomic E-state index is -2.77. The fraction of sp³-hybridized carbons (Fsp3) is 0.909. The molecule has 0 heterocycles. The number of nitrogens with zero attached hydrogens (tertiary/aromatic N) is 4. The van der Waals surface area contributed by atoms with Gasteiger partial charge in [0.2, 0.25) is 0 Å². The molecule has 0 radical (unpaired) electrons. The van der Waals surface area contributed by atoms with Crippen molar-refractivity contribution in [1.82, 2.24) is 19.6 Å². The van der Waals surface area contributed by atoms with Crippen LogP contribution in [0.5, 0.6) is 0 Å². The van der Waals surface area contributed by atoms with Gasteiger partial charge in [-0.3, -0.25) is 9.80 Å². The van der Waals surface area contributed by atoms with E-state index in [0.717, 1.165) is 14.2 Å². The van der Waals surface area contributed by atoms with Gasteiger partial charge in [-0.2, -0.15) is 0 Å². The normalized spacial score (nSPS) is 15.4. The molecule has 0 aromatic rings. The zero-order valence-corrected chi connectivity index (χ0v) is 22.3. The highest BCUT2D eigenvalue weighted by molar-refractivity contribution is 5.81. The summed E-state index contributed by atoms with van der Waals surface area (Å²) >= 11 is 0. The number of rotatable bonds is 14. The van der Waals surface area contributed by atoms with E-state index in [1.54, 1.807) is 0 Å². The van der Waals surface area contributed by atoms with Crippen molar-refractivity contribution in [1.29, 1.82) is 0 Å². The summed E-state index contributed by atoms with van der Waals surface area (Å²) in [6.07, 6.45) is -4.39. The summed E-state index contributed by atoms with van der Waals surface area (Å²) in [7, 11) is 15.6. The average molecular weight is 505 g/mol. The monoisotopic (exact) mass is 504 g/mol. The average Bonchev–Trinajstić information content (AvgIpc) is 2.72. The Hall–Kier alpha value is -1.50. The van der Waals surface area contributed by atoms with Gasteiger partial charge in [0, 0.05) is 0 Å². The molecule has 0 bridgehead atoms. The van der Waals surface area contributed by atoms with Crippen LogP contribution in [0.25, 0.3) is 0 Å². The van der Waals surface area contributed by atoms with E-state index in [2.05, 4.69) is 9.47 Å². The fourth-order valence-corrected chi connectivity index (χ4v) is 3.49. The third-order valence-corrected chi connectivity index (χ3v) is 5.72. The number of hydrogen-bond acceptors (Lipinski definition) is 8. The van der Waals surface area contributed by atoms with Crippen molar-refractivity contribution in [3.8, 4) is 0 Å². The Morgan fingerprint density at radius 2 is 0.912 bits per heavy atom. The first kappa shape index (κ1) is 34.7. The van der Waals surface area contributed by atoms with Crippen molar-refractivity contribution in [3.05, 3.63) is 0 Å². The third-order valence-electron chi connectivity index (χ3n) is 5.72. The van der Waals surface area contributed by atoms with Crippen LogP contribution in [0.15, 0.2) is 0 Å². The molecule has 0 aliphatic carbocycles. The van der Waals surface area contributed by atoms with E-state index < -0.39 is 35.9 Å². The molecular formula is C22H44F4N4O4. The van der Waals surface area contributed by atoms with E-state index >= 15 is 0 Å². The fourth-order valence-electron chi connectivity index (χ4n) is 3.49. The van der Waals surface area contributed by atoms with Crippen molar-refractivity contribution in [2.75, 3.05) is 83.7 Å². The lowest BCUT2D eigenvalue weighted by Crippen LogP contribution is -2.57. The number of hydrogen-bond donors (Lipinski definition) is 0. The van der Waals surface area contributed by atoms with Crippen LogP contribution in [0.4, 0.5) is 17.6 Å². The van der Waals surface area contributed by atoms with E-state index in [9.17, 15) is 27.2 Å². The van der Waals surface area contributed by atoms with Crippen molar-refractivity contribution in [3.63, 3.8) is 0 Å². The molecule has 204 valence electrons. The first-order valence-corrected chi connectivity index (χ1v) is 10.9. The number of carbonyl (C=O) groups is 2. The lowest BCUT2D eigenvalue weighted by Gasteiger charge is -2.36. The Bertz CT molecular complexity index is 525. The summed E-state index contributed by atoms with van der Waals surface area (Å²) in [5.41, 5.74) is -3.69. The molecule has 0 amide bonds. The van der Waals surface area contributed by atoms with Gasteiger partial charge in [-0.1, -0.05) is 0 Å². The van der Waals surface area contributed by atoms with E-state index in [1.807, 2.05) is 38.0 Å². The van der Waals surface area contributed by atoms with E-state index in [-0.39, 0.29) is 12.8 Å². The molecular weight excluding hydrogens is 460 g/mol. The molecule has 2 atom stereocenters. The summed E-state index contributed by atoms with van der Waals surface area (Å²) in [5, 5.41) is 0. The predicted octanol–water partition coefficient (Wildman–Crippen LogP) is 2.13. The van der Waals surface area contributed by atoms with E-state index in [1.165, 1.54) is 38.0 Å². The molecule has 0 aliphatic heterocycles. The number of esters is 2. The molecule has 0 N–H and O–H groups in total. The molecule has 0 aromatic heterocycles. The second-order valence-corrected chi connectivity index (χ2v) is 9.04. The second-order valence-electron chi connectivity index (χ2n) is 9.04. The summed E-state index contributed by atoms with van der Waals surface area (Å²) in [6, 6.07) is 0. The van der Waals surface area contributed by atoms with Gasteiger partial charge in [0.15, 0.2) is 11.1 Å². The number of methoxy groups -OCH3 is 2. The summed E-state index contributed by atoms with van der Waals surface area (Å²) in [5.74, 6) is -1.76. The number of ether oxygens (including phenoxy) is 2. The highest BCUT2D eigenvalue weighted by Crippen LogP contribution is 2.29. The lowest BCUT2D eigenvalue weighted by atomic mass is 9.92. The highest BCUT2D eigenvalue weighted by Gasteiger charge is 2.51. The van der Waals surface area contributed by atoms with Crippen molar-refractivity contribution >= 4 is 11.9 Å². The van der Waals surface area contributed by atoms with Gasteiger partial charge in [0.05, 0.1) is 14.2 Å². The third kappa shape index (κ3) is 9.63. The number of alkyl halides is 4. The maximum Gasteiger partial charge on any atom is 0.332 e. The van der Waals surface area contributed by atoms with Crippen LogP contribution in [0.3, 0.4) is 0 Å². The van der Waals surface area contributed by atoms with Gasteiger partial charge in [0.1, 0.15) is 0 Å². The minimum absolute atomic E-state index is 0.0719. The van der Waals surface area contributed by atoms with Gasteiger partial charge in [0.25, 0.3) is 12.9 Å². The smallest absolute Gasteiger partial charge is 0.332 e. The predicted molar refractivity (Wildman–Crippen MR) is 124 cm³/mol. The first-order valence-electron chi connectivity index (χ1n) is 10.9.